The molecule has 0 radical (unpaired) electrons. The third kappa shape index (κ3) is 4.94. The van der Waals surface area contributed by atoms with Gasteiger partial charge in [-0.2, -0.15) is 0 Å². The van der Waals surface area contributed by atoms with Gasteiger partial charge in [-0.25, -0.2) is 9.78 Å². The summed E-state index contributed by atoms with van der Waals surface area (Å²) in [7, 11) is 0. The Morgan fingerprint density at radius 1 is 1.20 bits per heavy atom. The average molecular weight is 349 g/mol. The molecular weight excluding hydrogens is 322 g/mol. The van der Waals surface area contributed by atoms with Crippen molar-refractivity contribution in [1.82, 2.24) is 24.7 Å². The summed E-state index contributed by atoms with van der Waals surface area (Å²) in [6, 6.07) is -0.0647. The number of nitrogens with zero attached hydrogens (tertiary/aromatic N) is 4. The monoisotopic (exact) mass is 349 g/mol. The molecule has 0 spiro atoms. The Labute approximate surface area is 148 Å². The Morgan fingerprint density at radius 3 is 2.80 bits per heavy atom. The molecule has 3 heterocycles. The number of imidazole rings is 1. The highest BCUT2D eigenvalue weighted by Gasteiger charge is 2.31. The number of amides is 3. The average Bonchev–Trinajstić information content (AvgIpc) is 3.19. The van der Waals surface area contributed by atoms with E-state index in [1.54, 1.807) is 17.4 Å². The number of aryl methyl sites for hydroxylation is 1. The molecule has 0 aliphatic carbocycles. The highest BCUT2D eigenvalue weighted by Crippen LogP contribution is 2.19. The van der Waals surface area contributed by atoms with E-state index in [-0.39, 0.29) is 17.9 Å². The Kier molecular flexibility index (Phi) is 6.27. The largest absolute Gasteiger partial charge is 0.378 e. The van der Waals surface area contributed by atoms with Gasteiger partial charge in [0.15, 0.2) is 0 Å². The predicted molar refractivity (Wildman–Crippen MR) is 91.9 cm³/mol. The second-order valence-corrected chi connectivity index (χ2v) is 6.61. The highest BCUT2D eigenvalue weighted by atomic mass is 16.5. The van der Waals surface area contributed by atoms with Gasteiger partial charge in [-0.15, -0.1) is 0 Å². The lowest BCUT2D eigenvalue weighted by molar-refractivity contribution is -0.141. The normalized spacial score (nSPS) is 21.2. The van der Waals surface area contributed by atoms with Crippen LogP contribution in [0.15, 0.2) is 18.7 Å². The van der Waals surface area contributed by atoms with Gasteiger partial charge < -0.3 is 24.4 Å². The SMILES string of the molecule is O=C(NCCCn1ccnc1)N1CCC[C@@H](C(=O)N2CCOCC2)C1. The molecule has 0 unspecified atom stereocenters. The molecule has 1 aromatic heterocycles. The van der Waals surface area contributed by atoms with Crippen molar-refractivity contribution in [3.63, 3.8) is 0 Å². The van der Waals surface area contributed by atoms with Crippen molar-refractivity contribution < 1.29 is 14.3 Å². The van der Waals surface area contributed by atoms with Crippen molar-refractivity contribution in [2.75, 3.05) is 45.9 Å². The Morgan fingerprint density at radius 2 is 2.04 bits per heavy atom. The summed E-state index contributed by atoms with van der Waals surface area (Å²) in [6.07, 6.45) is 8.02. The molecular formula is C17H27N5O3. The van der Waals surface area contributed by atoms with Gasteiger partial charge in [0.25, 0.3) is 0 Å². The number of hydrogen-bond donors (Lipinski definition) is 1. The molecule has 2 saturated heterocycles. The molecule has 1 N–H and O–H groups in total. The minimum atomic E-state index is -0.0800. The number of rotatable bonds is 5. The van der Waals surface area contributed by atoms with Gasteiger partial charge in [-0.1, -0.05) is 0 Å². The van der Waals surface area contributed by atoms with Gasteiger partial charge in [-0.3, -0.25) is 4.79 Å². The molecule has 2 aliphatic heterocycles. The molecule has 1 aromatic rings. The fourth-order valence-corrected chi connectivity index (χ4v) is 3.39. The molecule has 25 heavy (non-hydrogen) atoms. The van der Waals surface area contributed by atoms with E-state index < -0.39 is 0 Å². The van der Waals surface area contributed by atoms with Gasteiger partial charge in [0.2, 0.25) is 5.91 Å². The van der Waals surface area contributed by atoms with E-state index in [1.807, 2.05) is 15.7 Å². The Balaban J connectivity index is 1.40. The second-order valence-electron chi connectivity index (χ2n) is 6.61. The van der Waals surface area contributed by atoms with Crippen LogP contribution in [0.5, 0.6) is 0 Å². The van der Waals surface area contributed by atoms with Crippen molar-refractivity contribution in [2.24, 2.45) is 5.92 Å². The van der Waals surface area contributed by atoms with Crippen molar-refractivity contribution in [2.45, 2.75) is 25.8 Å². The zero-order chi connectivity index (χ0) is 17.5. The molecule has 3 amide bonds. The standard InChI is InChI=1S/C17H27N5O3/c23-16(21-9-11-25-12-10-21)15-3-1-7-22(13-15)17(24)19-4-2-6-20-8-5-18-14-20/h5,8,14-15H,1-4,6-7,9-13H2,(H,19,24)/t15-/m1/s1. The van der Waals surface area contributed by atoms with E-state index in [2.05, 4.69) is 10.3 Å². The number of piperidine rings is 1. The zero-order valence-corrected chi connectivity index (χ0v) is 14.6. The number of aromatic nitrogens is 2. The van der Waals surface area contributed by atoms with Crippen LogP contribution in [0.3, 0.4) is 0 Å². The molecule has 2 aliphatic rings. The predicted octanol–water partition coefficient (Wildman–Crippen LogP) is 0.554. The van der Waals surface area contributed by atoms with Crippen molar-refractivity contribution in [1.29, 1.82) is 0 Å². The summed E-state index contributed by atoms with van der Waals surface area (Å²) in [5.41, 5.74) is 0. The summed E-state index contributed by atoms with van der Waals surface area (Å²) in [5.74, 6) is 0.0875. The van der Waals surface area contributed by atoms with Crippen molar-refractivity contribution >= 4 is 11.9 Å². The van der Waals surface area contributed by atoms with E-state index in [9.17, 15) is 9.59 Å². The third-order valence-corrected chi connectivity index (χ3v) is 4.81. The molecule has 0 aromatic carbocycles. The van der Waals surface area contributed by atoms with Crippen LogP contribution in [-0.4, -0.2) is 77.2 Å². The van der Waals surface area contributed by atoms with Crippen LogP contribution in [0.2, 0.25) is 0 Å². The van der Waals surface area contributed by atoms with Crippen LogP contribution in [0.25, 0.3) is 0 Å². The number of nitrogens with one attached hydrogen (secondary N) is 1. The summed E-state index contributed by atoms with van der Waals surface area (Å²) >= 11 is 0. The lowest BCUT2D eigenvalue weighted by Gasteiger charge is -2.36. The maximum absolute atomic E-state index is 12.6. The molecule has 1 atom stereocenters. The molecule has 8 heteroatoms. The highest BCUT2D eigenvalue weighted by molar-refractivity contribution is 5.81. The number of carbonyl (C=O) groups excluding carboxylic acids is 2. The maximum Gasteiger partial charge on any atom is 0.317 e. The first-order valence-electron chi connectivity index (χ1n) is 9.09. The maximum atomic E-state index is 12.6. The number of urea groups is 1. The number of hydrogen-bond acceptors (Lipinski definition) is 4. The summed E-state index contributed by atoms with van der Waals surface area (Å²) in [5, 5.41) is 2.96. The van der Waals surface area contributed by atoms with E-state index in [1.165, 1.54) is 0 Å². The molecule has 138 valence electrons. The van der Waals surface area contributed by atoms with Crippen molar-refractivity contribution in [3.8, 4) is 0 Å². The molecule has 8 nitrogen and oxygen atoms in total. The lowest BCUT2D eigenvalue weighted by atomic mass is 9.96. The van der Waals surface area contributed by atoms with Crippen LogP contribution in [-0.2, 0) is 16.1 Å². The Bertz CT molecular complexity index is 557. The lowest BCUT2D eigenvalue weighted by Crippen LogP contribution is -2.51. The minimum Gasteiger partial charge on any atom is -0.378 e. The minimum absolute atomic E-state index is 0.0647. The van der Waals surface area contributed by atoms with E-state index >= 15 is 0 Å². The molecule has 0 saturated carbocycles. The van der Waals surface area contributed by atoms with Crippen molar-refractivity contribution in [3.05, 3.63) is 18.7 Å². The van der Waals surface area contributed by atoms with E-state index in [4.69, 9.17) is 4.74 Å². The van der Waals surface area contributed by atoms with Crippen LogP contribution < -0.4 is 5.32 Å². The molecule has 0 bridgehead atoms. The quantitative estimate of drug-likeness (QED) is 0.788. The summed E-state index contributed by atoms with van der Waals surface area (Å²) < 4.78 is 7.29. The molecule has 2 fully saturated rings. The fourth-order valence-electron chi connectivity index (χ4n) is 3.39. The van der Waals surface area contributed by atoms with E-state index in [0.29, 0.717) is 39.4 Å². The summed E-state index contributed by atoms with van der Waals surface area (Å²) in [6.45, 7) is 5.24. The smallest absolute Gasteiger partial charge is 0.317 e. The summed E-state index contributed by atoms with van der Waals surface area (Å²) in [4.78, 5) is 32.6. The first-order valence-corrected chi connectivity index (χ1v) is 9.09. The van der Waals surface area contributed by atoms with E-state index in [0.717, 1.165) is 32.4 Å². The second kappa shape index (κ2) is 8.84. The number of carbonyl (C=O) groups is 2. The first kappa shape index (κ1) is 17.7. The topological polar surface area (TPSA) is 79.7 Å². The Hall–Kier alpha value is -2.09. The molecule has 3 rings (SSSR count). The van der Waals surface area contributed by atoms with Gasteiger partial charge in [0.05, 0.1) is 25.5 Å². The number of ether oxygens (including phenoxy) is 1. The van der Waals surface area contributed by atoms with Gasteiger partial charge in [0, 0.05) is 51.7 Å². The first-order chi connectivity index (χ1) is 12.2. The van der Waals surface area contributed by atoms with Crippen LogP contribution >= 0.6 is 0 Å². The van der Waals surface area contributed by atoms with Crippen LogP contribution in [0, 0.1) is 5.92 Å². The van der Waals surface area contributed by atoms with Gasteiger partial charge in [0.1, 0.15) is 0 Å². The third-order valence-electron chi connectivity index (χ3n) is 4.81. The van der Waals surface area contributed by atoms with Crippen LogP contribution in [0.4, 0.5) is 4.79 Å². The number of likely N-dealkylation sites (tertiary alicyclic amines) is 1. The van der Waals surface area contributed by atoms with Crippen LogP contribution in [0.1, 0.15) is 19.3 Å². The fraction of sp³-hybridized carbons (Fsp3) is 0.706. The zero-order valence-electron chi connectivity index (χ0n) is 14.6. The van der Waals surface area contributed by atoms with Gasteiger partial charge >= 0.3 is 6.03 Å². The number of morpholine rings is 1. The van der Waals surface area contributed by atoms with Gasteiger partial charge in [-0.05, 0) is 19.3 Å².